The molecule has 5 heterocycles. The van der Waals surface area contributed by atoms with Crippen LogP contribution in [-0.2, 0) is 17.8 Å². The molecule has 2 saturated heterocycles. The van der Waals surface area contributed by atoms with Gasteiger partial charge in [0, 0.05) is 31.4 Å². The minimum absolute atomic E-state index is 0.177. The Bertz CT molecular complexity index is 1180. The highest BCUT2D eigenvalue weighted by molar-refractivity contribution is 7.11. The summed E-state index contributed by atoms with van der Waals surface area (Å²) in [6, 6.07) is 8.23. The Balaban J connectivity index is 1.07. The van der Waals surface area contributed by atoms with Gasteiger partial charge < -0.3 is 14.5 Å². The second-order valence-corrected chi connectivity index (χ2v) is 10.3. The van der Waals surface area contributed by atoms with Gasteiger partial charge in [-0.05, 0) is 92.0 Å². The van der Waals surface area contributed by atoms with Crippen LogP contribution in [0.2, 0.25) is 0 Å². The Labute approximate surface area is 192 Å². The highest BCUT2D eigenvalue weighted by atomic mass is 32.1. The van der Waals surface area contributed by atoms with Gasteiger partial charge in [0.05, 0.1) is 10.9 Å². The molecule has 32 heavy (non-hydrogen) atoms. The predicted molar refractivity (Wildman–Crippen MR) is 126 cm³/mol. The van der Waals surface area contributed by atoms with Gasteiger partial charge in [0.1, 0.15) is 11.6 Å². The van der Waals surface area contributed by atoms with Crippen LogP contribution in [0.3, 0.4) is 0 Å². The van der Waals surface area contributed by atoms with Crippen LogP contribution in [0.1, 0.15) is 46.3 Å². The van der Waals surface area contributed by atoms with Gasteiger partial charge in [-0.3, -0.25) is 0 Å². The molecule has 1 spiro atoms. The van der Waals surface area contributed by atoms with Crippen molar-refractivity contribution in [2.75, 3.05) is 37.6 Å². The van der Waals surface area contributed by atoms with E-state index < -0.39 is 0 Å². The van der Waals surface area contributed by atoms with E-state index in [9.17, 15) is 4.79 Å². The van der Waals surface area contributed by atoms with Crippen molar-refractivity contribution in [2.45, 2.75) is 39.2 Å². The molecule has 0 N–H and O–H groups in total. The van der Waals surface area contributed by atoms with Crippen LogP contribution in [0.25, 0.3) is 11.0 Å². The number of benzene rings is 1. The van der Waals surface area contributed by atoms with E-state index in [1.807, 2.05) is 18.3 Å². The fraction of sp³-hybridized carbons (Fsp3) is 0.480. The minimum Gasteiger partial charge on any atom is -0.457 e. The lowest BCUT2D eigenvalue weighted by Crippen LogP contribution is -2.42. The van der Waals surface area contributed by atoms with E-state index in [4.69, 9.17) is 4.74 Å². The number of pyridine rings is 1. The monoisotopic (exact) mass is 448 g/mol. The number of hydrogen-bond donors (Lipinski definition) is 0. The van der Waals surface area contributed by atoms with E-state index in [0.29, 0.717) is 12.0 Å². The molecule has 0 unspecified atom stereocenters. The summed E-state index contributed by atoms with van der Waals surface area (Å²) in [5, 5.41) is 2.49. The zero-order valence-electron chi connectivity index (χ0n) is 18.5. The minimum atomic E-state index is -0.177. The van der Waals surface area contributed by atoms with Crippen LogP contribution in [-0.4, -0.2) is 53.0 Å². The Morgan fingerprint density at radius 3 is 2.88 bits per heavy atom. The van der Waals surface area contributed by atoms with Gasteiger partial charge >= 0.3 is 5.97 Å². The number of rotatable bonds is 4. The molecule has 166 valence electrons. The number of cyclic esters (lactones) is 1. The molecule has 0 atom stereocenters. The molecule has 2 fully saturated rings. The van der Waals surface area contributed by atoms with Gasteiger partial charge in [0.2, 0.25) is 0 Å². The van der Waals surface area contributed by atoms with E-state index in [2.05, 4.69) is 38.2 Å². The van der Waals surface area contributed by atoms with Crippen molar-refractivity contribution in [2.24, 2.45) is 5.41 Å². The molecule has 0 amide bonds. The first-order valence-electron chi connectivity index (χ1n) is 11.6. The number of fused-ring (bicyclic) bond motifs is 2. The zero-order valence-corrected chi connectivity index (χ0v) is 19.3. The van der Waals surface area contributed by atoms with Crippen LogP contribution in [0.5, 0.6) is 0 Å². The number of carbonyl (C=O) groups excluding carboxylic acids is 1. The maximum absolute atomic E-state index is 11.8. The normalized spacial score (nSPS) is 20.3. The molecule has 3 aromatic rings. The van der Waals surface area contributed by atoms with E-state index in [-0.39, 0.29) is 5.97 Å². The summed E-state index contributed by atoms with van der Waals surface area (Å²) in [5.41, 5.74) is 5.74. The van der Waals surface area contributed by atoms with Gasteiger partial charge in [-0.15, -0.1) is 0 Å². The molecule has 0 bridgehead atoms. The summed E-state index contributed by atoms with van der Waals surface area (Å²) >= 11 is 1.60. The second kappa shape index (κ2) is 7.81. The lowest BCUT2D eigenvalue weighted by molar-refractivity contribution is 0.0535. The Morgan fingerprint density at radius 1 is 1.16 bits per heavy atom. The number of aromatic nitrogens is 2. The van der Waals surface area contributed by atoms with E-state index in [0.717, 1.165) is 42.8 Å². The summed E-state index contributed by atoms with van der Waals surface area (Å²) in [6.45, 7) is 8.26. The van der Waals surface area contributed by atoms with E-state index in [1.54, 1.807) is 11.5 Å². The lowest BCUT2D eigenvalue weighted by atomic mass is 9.77. The van der Waals surface area contributed by atoms with Crippen LogP contribution in [0.15, 0.2) is 30.5 Å². The van der Waals surface area contributed by atoms with Crippen molar-refractivity contribution >= 4 is 33.5 Å². The number of carbonyl (C=O) groups is 1. The highest BCUT2D eigenvalue weighted by Crippen LogP contribution is 2.44. The van der Waals surface area contributed by atoms with E-state index >= 15 is 0 Å². The first-order valence-corrected chi connectivity index (χ1v) is 12.4. The van der Waals surface area contributed by atoms with Crippen LogP contribution in [0, 0.1) is 12.3 Å². The molecule has 3 aliphatic heterocycles. The smallest absolute Gasteiger partial charge is 0.338 e. The summed E-state index contributed by atoms with van der Waals surface area (Å²) in [6.07, 6.45) is 6.67. The third-order valence-corrected chi connectivity index (χ3v) is 8.77. The topological polar surface area (TPSA) is 58.6 Å². The molecular weight excluding hydrogens is 420 g/mol. The van der Waals surface area contributed by atoms with Gasteiger partial charge in [0.15, 0.2) is 5.65 Å². The Kier molecular flexibility index (Phi) is 4.91. The van der Waals surface area contributed by atoms with Crippen molar-refractivity contribution in [1.82, 2.24) is 14.3 Å². The number of anilines is 1. The predicted octanol–water partition coefficient (Wildman–Crippen LogP) is 4.21. The third-order valence-electron chi connectivity index (χ3n) is 7.85. The molecular formula is C25H28N4O2S. The number of likely N-dealkylation sites (tertiary alicyclic amines) is 1. The molecule has 6 nitrogen and oxygen atoms in total. The maximum atomic E-state index is 11.8. The van der Waals surface area contributed by atoms with Crippen molar-refractivity contribution in [3.8, 4) is 0 Å². The van der Waals surface area contributed by atoms with E-state index in [1.165, 1.54) is 53.9 Å². The van der Waals surface area contributed by atoms with Crippen LogP contribution >= 0.6 is 11.5 Å². The highest BCUT2D eigenvalue weighted by Gasteiger charge is 2.41. The molecule has 2 aromatic heterocycles. The molecule has 7 heteroatoms. The molecule has 0 radical (unpaired) electrons. The summed E-state index contributed by atoms with van der Waals surface area (Å²) in [5.74, 6) is -0.177. The molecule has 0 aliphatic carbocycles. The number of piperidine rings is 1. The molecule has 0 saturated carbocycles. The van der Waals surface area contributed by atoms with Crippen LogP contribution in [0.4, 0.5) is 5.00 Å². The zero-order chi connectivity index (χ0) is 21.7. The van der Waals surface area contributed by atoms with Gasteiger partial charge in [-0.1, -0.05) is 6.07 Å². The van der Waals surface area contributed by atoms with Crippen molar-refractivity contribution in [3.63, 3.8) is 0 Å². The Hall–Kier alpha value is -2.51. The van der Waals surface area contributed by atoms with Gasteiger partial charge in [-0.25, -0.2) is 9.78 Å². The van der Waals surface area contributed by atoms with Gasteiger partial charge in [0.25, 0.3) is 0 Å². The van der Waals surface area contributed by atoms with Crippen molar-refractivity contribution in [3.05, 3.63) is 52.7 Å². The quantitative estimate of drug-likeness (QED) is 0.558. The average Bonchev–Trinajstić information content (AvgIpc) is 3.52. The summed E-state index contributed by atoms with van der Waals surface area (Å²) in [7, 11) is 0. The first-order chi connectivity index (χ1) is 15.6. The summed E-state index contributed by atoms with van der Waals surface area (Å²) in [4.78, 5) is 21.4. The first kappa shape index (κ1) is 20.1. The third kappa shape index (κ3) is 3.39. The molecule has 6 rings (SSSR count). The van der Waals surface area contributed by atoms with Crippen molar-refractivity contribution < 1.29 is 9.53 Å². The number of nitrogens with zero attached hydrogens (tertiary/aromatic N) is 4. The number of hydrogen-bond acceptors (Lipinski definition) is 7. The average molecular weight is 449 g/mol. The largest absolute Gasteiger partial charge is 0.457 e. The van der Waals surface area contributed by atoms with Crippen molar-refractivity contribution in [1.29, 1.82) is 0 Å². The van der Waals surface area contributed by atoms with Gasteiger partial charge in [-0.2, -0.15) is 4.37 Å². The number of esters is 1. The summed E-state index contributed by atoms with van der Waals surface area (Å²) < 4.78 is 9.76. The standard InChI is InChI=1S/C25H28N4O2S/c1-17-18(4-5-19-21(17)15-31-24(19)30)6-11-28-12-7-25(8-13-28)9-14-29(16-25)23-20-3-2-10-26-22(20)27-32-23/h2-5,10H,6-9,11-16H2,1H3. The Morgan fingerprint density at radius 2 is 2.00 bits per heavy atom. The van der Waals surface area contributed by atoms with Crippen LogP contribution < -0.4 is 4.90 Å². The maximum Gasteiger partial charge on any atom is 0.338 e. The fourth-order valence-electron chi connectivity index (χ4n) is 5.72. The number of ether oxygens (including phenoxy) is 1. The fourth-order valence-corrected chi connectivity index (χ4v) is 6.56. The SMILES string of the molecule is Cc1c(CCN2CCC3(CC2)CCN(c2snc4ncccc24)C3)ccc2c1COC2=O. The second-order valence-electron chi connectivity index (χ2n) is 9.58. The molecule has 3 aliphatic rings. The lowest BCUT2D eigenvalue weighted by Gasteiger charge is -2.39. The molecule has 1 aromatic carbocycles.